The molecule has 1 saturated heterocycles. The molecule has 0 amide bonds. The second-order valence-electron chi connectivity index (χ2n) is 7.83. The third-order valence-electron chi connectivity index (χ3n) is 5.28. The van der Waals surface area contributed by atoms with Crippen molar-refractivity contribution in [2.24, 2.45) is 0 Å². The summed E-state index contributed by atoms with van der Waals surface area (Å²) in [5.41, 5.74) is 5.34. The monoisotopic (exact) mass is 484 g/mol. The van der Waals surface area contributed by atoms with Crippen molar-refractivity contribution < 1.29 is 4.79 Å². The molecule has 4 rings (SSSR count). The molecule has 1 aliphatic heterocycles. The topological polar surface area (TPSA) is 50.2 Å². The first-order valence-electron chi connectivity index (χ1n) is 12.6. The van der Waals surface area contributed by atoms with Gasteiger partial charge in [0.1, 0.15) is 0 Å². The minimum absolute atomic E-state index is 0.673. The maximum Gasteiger partial charge on any atom is 0.185 e. The van der Waals surface area contributed by atoms with E-state index < -0.39 is 0 Å². The van der Waals surface area contributed by atoms with Crippen LogP contribution in [0.1, 0.15) is 80.7 Å². The number of thiazole rings is 1. The van der Waals surface area contributed by atoms with Gasteiger partial charge in [-0.3, -0.25) is 4.79 Å². The molecule has 0 unspecified atom stereocenters. The molecule has 0 atom stereocenters. The number of benzene rings is 1. The number of aromatic nitrogens is 2. The molecule has 3 heterocycles. The largest absolute Gasteiger partial charge is 0.388 e. The number of nitrogens with one attached hydrogen (secondary N) is 1. The van der Waals surface area contributed by atoms with E-state index in [0.29, 0.717) is 6.54 Å². The number of aldehydes is 1. The van der Waals surface area contributed by atoms with Gasteiger partial charge in [0.25, 0.3) is 0 Å². The molecule has 3 aromatic rings. The molecule has 2 aromatic heterocycles. The summed E-state index contributed by atoms with van der Waals surface area (Å²) in [6, 6.07) is 10.2. The van der Waals surface area contributed by atoms with Crippen LogP contribution in [0.2, 0.25) is 0 Å². The number of hydrogen-bond donors (Lipinski definition) is 1. The van der Waals surface area contributed by atoms with Crippen molar-refractivity contribution >= 4 is 28.4 Å². The smallest absolute Gasteiger partial charge is 0.185 e. The molecule has 5 nitrogen and oxygen atoms in total. The molecule has 0 aliphatic carbocycles. The molecule has 1 fully saturated rings. The predicted octanol–water partition coefficient (Wildman–Crippen LogP) is 7.58. The Morgan fingerprint density at radius 2 is 1.59 bits per heavy atom. The van der Waals surface area contributed by atoms with Crippen LogP contribution in [0.3, 0.4) is 0 Å². The van der Waals surface area contributed by atoms with Crippen LogP contribution in [-0.4, -0.2) is 36.0 Å². The van der Waals surface area contributed by atoms with E-state index >= 15 is 0 Å². The summed E-state index contributed by atoms with van der Waals surface area (Å²) < 4.78 is 1.98. The van der Waals surface area contributed by atoms with Gasteiger partial charge in [-0.15, -0.1) is 11.3 Å². The number of hydrogen-bond acceptors (Lipinski definition) is 5. The molecular weight excluding hydrogens is 440 g/mol. The van der Waals surface area contributed by atoms with Gasteiger partial charge in [-0.05, 0) is 50.5 Å². The highest BCUT2D eigenvalue weighted by Gasteiger charge is 2.14. The minimum atomic E-state index is 0.673. The van der Waals surface area contributed by atoms with Crippen molar-refractivity contribution in [3.05, 3.63) is 64.4 Å². The molecular formula is C28H44N4OS. The van der Waals surface area contributed by atoms with Gasteiger partial charge >= 0.3 is 0 Å². The highest BCUT2D eigenvalue weighted by molar-refractivity contribution is 7.13. The van der Waals surface area contributed by atoms with Crippen molar-refractivity contribution in [1.82, 2.24) is 9.55 Å². The van der Waals surface area contributed by atoms with E-state index in [-0.39, 0.29) is 0 Å². The fourth-order valence-electron chi connectivity index (χ4n) is 3.58. The molecule has 34 heavy (non-hydrogen) atoms. The van der Waals surface area contributed by atoms with Gasteiger partial charge in [0.2, 0.25) is 0 Å². The predicted molar refractivity (Wildman–Crippen MR) is 150 cm³/mol. The Hall–Kier alpha value is -2.60. The summed E-state index contributed by atoms with van der Waals surface area (Å²) in [5, 5.41) is 6.30. The van der Waals surface area contributed by atoms with Crippen molar-refractivity contribution in [3.63, 3.8) is 0 Å². The molecule has 0 radical (unpaired) electrons. The van der Waals surface area contributed by atoms with Gasteiger partial charge in [0, 0.05) is 37.4 Å². The van der Waals surface area contributed by atoms with Gasteiger partial charge < -0.3 is 14.8 Å². The zero-order valence-corrected chi connectivity index (χ0v) is 23.0. The fraction of sp³-hybridized carbons (Fsp3) is 0.500. The standard InChI is InChI=1S/C16H21N3OS.C8H11N.2C2H6/c1-13-8-15(11-20)19(9-13)10-14-12-21-16(17-14)18-6-4-2-3-5-7-18;1-7-3-5-8(9-2)6-4-7;2*1-2/h8-9,11-12H,2-7,10H2,1H3;3-6,9H,1-2H3;2*1-2H3. The zero-order valence-electron chi connectivity index (χ0n) is 22.2. The van der Waals surface area contributed by atoms with Crippen LogP contribution in [0, 0.1) is 13.8 Å². The molecule has 0 saturated carbocycles. The van der Waals surface area contributed by atoms with E-state index in [1.54, 1.807) is 11.3 Å². The van der Waals surface area contributed by atoms with Crippen molar-refractivity contribution in [2.75, 3.05) is 30.4 Å². The first kappa shape index (κ1) is 29.4. The lowest BCUT2D eigenvalue weighted by atomic mass is 10.2. The average molecular weight is 485 g/mol. The van der Waals surface area contributed by atoms with E-state index in [0.717, 1.165) is 41.5 Å². The van der Waals surface area contributed by atoms with E-state index in [4.69, 9.17) is 4.98 Å². The Morgan fingerprint density at radius 3 is 2.15 bits per heavy atom. The summed E-state index contributed by atoms with van der Waals surface area (Å²) >= 11 is 1.72. The second-order valence-corrected chi connectivity index (χ2v) is 8.66. The van der Waals surface area contributed by atoms with Gasteiger partial charge in [0.15, 0.2) is 11.4 Å². The Balaban J connectivity index is 0.000000373. The molecule has 1 aromatic carbocycles. The quantitative estimate of drug-likeness (QED) is 0.379. The van der Waals surface area contributed by atoms with Gasteiger partial charge in [-0.1, -0.05) is 58.2 Å². The number of carbonyl (C=O) groups is 1. The zero-order chi connectivity index (χ0) is 25.3. The summed E-state index contributed by atoms with van der Waals surface area (Å²) in [5.74, 6) is 0. The number of rotatable bonds is 5. The van der Waals surface area contributed by atoms with Crippen LogP contribution >= 0.6 is 11.3 Å². The van der Waals surface area contributed by atoms with Crippen molar-refractivity contribution in [3.8, 4) is 0 Å². The van der Waals surface area contributed by atoms with E-state index in [2.05, 4.69) is 46.8 Å². The molecule has 0 bridgehead atoms. The first-order valence-corrected chi connectivity index (χ1v) is 13.5. The number of aryl methyl sites for hydroxylation is 2. The second kappa shape index (κ2) is 16.9. The highest BCUT2D eigenvalue weighted by atomic mass is 32.1. The Labute approximate surface area is 211 Å². The van der Waals surface area contributed by atoms with Gasteiger partial charge in [-0.2, -0.15) is 0 Å². The summed E-state index contributed by atoms with van der Waals surface area (Å²) in [6.07, 6.45) is 8.12. The average Bonchev–Trinajstić information content (AvgIpc) is 3.38. The summed E-state index contributed by atoms with van der Waals surface area (Å²) in [7, 11) is 1.92. The summed E-state index contributed by atoms with van der Waals surface area (Å²) in [6.45, 7) is 15.0. The highest BCUT2D eigenvalue weighted by Crippen LogP contribution is 2.24. The van der Waals surface area contributed by atoms with E-state index in [1.807, 2.05) is 58.5 Å². The summed E-state index contributed by atoms with van der Waals surface area (Å²) in [4.78, 5) is 18.2. The van der Waals surface area contributed by atoms with Crippen molar-refractivity contribution in [1.29, 1.82) is 0 Å². The normalized spacial score (nSPS) is 12.6. The maximum atomic E-state index is 11.1. The van der Waals surface area contributed by atoms with Crippen molar-refractivity contribution in [2.45, 2.75) is 73.8 Å². The number of anilines is 2. The third-order valence-corrected chi connectivity index (χ3v) is 6.23. The van der Waals surface area contributed by atoms with Crippen LogP contribution in [0.25, 0.3) is 0 Å². The van der Waals surface area contributed by atoms with Crippen LogP contribution in [0.5, 0.6) is 0 Å². The third kappa shape index (κ3) is 9.72. The van der Waals surface area contributed by atoms with Crippen LogP contribution in [0.4, 0.5) is 10.8 Å². The molecule has 1 aliphatic rings. The van der Waals surface area contributed by atoms with E-state index in [1.165, 1.54) is 36.9 Å². The lowest BCUT2D eigenvalue weighted by Crippen LogP contribution is -2.23. The van der Waals surface area contributed by atoms with Gasteiger partial charge in [0.05, 0.1) is 17.9 Å². The molecule has 6 heteroatoms. The Bertz CT molecular complexity index is 922. The van der Waals surface area contributed by atoms with Crippen LogP contribution in [0.15, 0.2) is 41.9 Å². The Kier molecular flexibility index (Phi) is 14.7. The number of carbonyl (C=O) groups excluding carboxylic acids is 1. The molecule has 0 spiro atoms. The number of nitrogens with zero attached hydrogens (tertiary/aromatic N) is 3. The van der Waals surface area contributed by atoms with Gasteiger partial charge in [-0.25, -0.2) is 4.98 Å². The first-order chi connectivity index (χ1) is 16.6. The van der Waals surface area contributed by atoms with E-state index in [9.17, 15) is 4.79 Å². The fourth-order valence-corrected chi connectivity index (χ4v) is 4.45. The molecule has 188 valence electrons. The van der Waals surface area contributed by atoms with Crippen LogP contribution < -0.4 is 10.2 Å². The minimum Gasteiger partial charge on any atom is -0.388 e. The SMILES string of the molecule is CC.CC.CNc1ccc(C)cc1.Cc1cc(C=O)n(Cc2csc(N3CCCCCC3)n2)c1. The lowest BCUT2D eigenvalue weighted by Gasteiger charge is -2.18. The molecule has 1 N–H and O–H groups in total. The van der Waals surface area contributed by atoms with Crippen LogP contribution in [-0.2, 0) is 6.54 Å². The lowest BCUT2D eigenvalue weighted by molar-refractivity contribution is 0.111. The maximum absolute atomic E-state index is 11.1. The Morgan fingerprint density at radius 1 is 0.971 bits per heavy atom.